The highest BCUT2D eigenvalue weighted by Gasteiger charge is 2.23. The van der Waals surface area contributed by atoms with E-state index < -0.39 is 0 Å². The second kappa shape index (κ2) is 6.89. The molecule has 0 saturated carbocycles. The highest BCUT2D eigenvalue weighted by Crippen LogP contribution is 2.19. The van der Waals surface area contributed by atoms with Crippen LogP contribution in [0.2, 0.25) is 0 Å². The number of nitrogens with one attached hydrogen (secondary N) is 1. The summed E-state index contributed by atoms with van der Waals surface area (Å²) in [5.41, 5.74) is 0. The molecular formula is C14H25N3O2. The first-order valence-electron chi connectivity index (χ1n) is 7.41. The molecule has 2 rings (SSSR count). The smallest absolute Gasteiger partial charge is 0.239 e. The Morgan fingerprint density at radius 1 is 1.32 bits per heavy atom. The van der Waals surface area contributed by atoms with Gasteiger partial charge in [-0.3, -0.25) is 9.59 Å². The van der Waals surface area contributed by atoms with Crippen LogP contribution in [-0.2, 0) is 9.59 Å². The standard InChI is InChI=1S/C14H25N3O2/c1-16-9-3-2-5-12(16)6-7-14(19)17-10-4-8-15-13(18)11-17/h12H,2-11H2,1H3,(H,15,18). The van der Waals surface area contributed by atoms with E-state index in [4.69, 9.17) is 0 Å². The third kappa shape index (κ3) is 4.20. The van der Waals surface area contributed by atoms with Gasteiger partial charge in [0.15, 0.2) is 0 Å². The average Bonchev–Trinajstić information content (AvgIpc) is 2.62. The average molecular weight is 267 g/mol. The summed E-state index contributed by atoms with van der Waals surface area (Å²) in [7, 11) is 2.15. The van der Waals surface area contributed by atoms with Gasteiger partial charge in [0, 0.05) is 25.6 Å². The first-order chi connectivity index (χ1) is 9.16. The largest absolute Gasteiger partial charge is 0.354 e. The van der Waals surface area contributed by atoms with Crippen molar-refractivity contribution >= 4 is 11.8 Å². The number of piperidine rings is 1. The first-order valence-corrected chi connectivity index (χ1v) is 7.41. The lowest BCUT2D eigenvalue weighted by Gasteiger charge is -2.32. The fourth-order valence-corrected chi connectivity index (χ4v) is 2.98. The molecule has 1 unspecified atom stereocenters. The Bertz CT molecular complexity index is 333. The fraction of sp³-hybridized carbons (Fsp3) is 0.857. The molecule has 0 radical (unpaired) electrons. The molecule has 0 aromatic carbocycles. The summed E-state index contributed by atoms with van der Waals surface area (Å²) in [4.78, 5) is 27.7. The van der Waals surface area contributed by atoms with E-state index in [1.165, 1.54) is 19.3 Å². The normalized spacial score (nSPS) is 25.8. The van der Waals surface area contributed by atoms with Crippen molar-refractivity contribution in [3.8, 4) is 0 Å². The lowest BCUT2D eigenvalue weighted by atomic mass is 9.98. The summed E-state index contributed by atoms with van der Waals surface area (Å²) in [6, 6.07) is 0.540. The van der Waals surface area contributed by atoms with Crippen LogP contribution in [0.1, 0.15) is 38.5 Å². The van der Waals surface area contributed by atoms with Gasteiger partial charge < -0.3 is 15.1 Å². The molecule has 5 nitrogen and oxygen atoms in total. The fourth-order valence-electron chi connectivity index (χ4n) is 2.98. The number of nitrogens with zero attached hydrogens (tertiary/aromatic N) is 2. The highest BCUT2D eigenvalue weighted by atomic mass is 16.2. The second-order valence-corrected chi connectivity index (χ2v) is 5.69. The molecule has 2 saturated heterocycles. The molecule has 0 aliphatic carbocycles. The Morgan fingerprint density at radius 3 is 2.95 bits per heavy atom. The van der Waals surface area contributed by atoms with Crippen molar-refractivity contribution in [2.45, 2.75) is 44.6 Å². The minimum atomic E-state index is -0.0272. The van der Waals surface area contributed by atoms with Gasteiger partial charge in [-0.1, -0.05) is 6.42 Å². The third-order valence-corrected chi connectivity index (χ3v) is 4.23. The zero-order valence-electron chi connectivity index (χ0n) is 11.9. The van der Waals surface area contributed by atoms with Crippen molar-refractivity contribution in [1.82, 2.24) is 15.1 Å². The van der Waals surface area contributed by atoms with E-state index in [1.807, 2.05) is 0 Å². The minimum Gasteiger partial charge on any atom is -0.354 e. The topological polar surface area (TPSA) is 52.7 Å². The maximum Gasteiger partial charge on any atom is 0.239 e. The number of likely N-dealkylation sites (tertiary alicyclic amines) is 1. The molecule has 0 aromatic heterocycles. The van der Waals surface area contributed by atoms with Crippen molar-refractivity contribution in [1.29, 1.82) is 0 Å². The van der Waals surface area contributed by atoms with Gasteiger partial charge in [-0.15, -0.1) is 0 Å². The van der Waals surface area contributed by atoms with Gasteiger partial charge in [-0.25, -0.2) is 0 Å². The predicted molar refractivity (Wildman–Crippen MR) is 73.7 cm³/mol. The van der Waals surface area contributed by atoms with E-state index in [0.717, 1.165) is 19.4 Å². The van der Waals surface area contributed by atoms with Crippen LogP contribution in [0.5, 0.6) is 0 Å². The summed E-state index contributed by atoms with van der Waals surface area (Å²) in [6.07, 6.45) is 6.10. The minimum absolute atomic E-state index is 0.0272. The molecule has 0 spiro atoms. The molecule has 2 heterocycles. The molecule has 19 heavy (non-hydrogen) atoms. The van der Waals surface area contributed by atoms with Crippen LogP contribution in [0.25, 0.3) is 0 Å². The number of hydrogen-bond donors (Lipinski definition) is 1. The van der Waals surface area contributed by atoms with Crippen LogP contribution in [0, 0.1) is 0 Å². The number of carbonyl (C=O) groups excluding carboxylic acids is 2. The quantitative estimate of drug-likeness (QED) is 0.814. The molecule has 0 aromatic rings. The van der Waals surface area contributed by atoms with Crippen molar-refractivity contribution in [3.63, 3.8) is 0 Å². The van der Waals surface area contributed by atoms with Gasteiger partial charge in [-0.2, -0.15) is 0 Å². The molecule has 108 valence electrons. The molecule has 1 N–H and O–H groups in total. The zero-order chi connectivity index (χ0) is 13.7. The molecule has 2 aliphatic rings. The van der Waals surface area contributed by atoms with Gasteiger partial charge >= 0.3 is 0 Å². The number of rotatable bonds is 3. The van der Waals surface area contributed by atoms with Crippen LogP contribution in [0.3, 0.4) is 0 Å². The van der Waals surface area contributed by atoms with Gasteiger partial charge in [0.1, 0.15) is 0 Å². The Labute approximate surface area is 115 Å². The van der Waals surface area contributed by atoms with Gasteiger partial charge in [-0.05, 0) is 39.3 Å². The van der Waals surface area contributed by atoms with Crippen LogP contribution < -0.4 is 5.32 Å². The molecule has 5 heteroatoms. The zero-order valence-corrected chi connectivity index (χ0v) is 11.9. The maximum absolute atomic E-state index is 12.2. The monoisotopic (exact) mass is 267 g/mol. The van der Waals surface area contributed by atoms with E-state index in [1.54, 1.807) is 4.90 Å². The van der Waals surface area contributed by atoms with Gasteiger partial charge in [0.2, 0.25) is 11.8 Å². The second-order valence-electron chi connectivity index (χ2n) is 5.69. The lowest BCUT2D eigenvalue weighted by Crippen LogP contribution is -2.40. The van der Waals surface area contributed by atoms with Crippen LogP contribution in [0.15, 0.2) is 0 Å². The number of amides is 2. The summed E-state index contributed by atoms with van der Waals surface area (Å²) in [5, 5.41) is 2.80. The molecule has 2 fully saturated rings. The SMILES string of the molecule is CN1CCCCC1CCC(=O)N1CCCNC(=O)C1. The molecule has 0 bridgehead atoms. The molecule has 1 atom stereocenters. The summed E-state index contributed by atoms with van der Waals surface area (Å²) in [5.74, 6) is 0.108. The van der Waals surface area contributed by atoms with Crippen molar-refractivity contribution in [2.75, 3.05) is 33.2 Å². The lowest BCUT2D eigenvalue weighted by molar-refractivity contribution is -0.135. The summed E-state index contributed by atoms with van der Waals surface area (Å²) in [6.45, 7) is 2.77. The van der Waals surface area contributed by atoms with Crippen LogP contribution >= 0.6 is 0 Å². The Balaban J connectivity index is 1.78. The molecular weight excluding hydrogens is 242 g/mol. The highest BCUT2D eigenvalue weighted by molar-refractivity contribution is 5.85. The molecule has 2 aliphatic heterocycles. The van der Waals surface area contributed by atoms with Gasteiger partial charge in [0.25, 0.3) is 0 Å². The predicted octanol–water partition coefficient (Wildman–Crippen LogP) is 0.599. The number of hydrogen-bond acceptors (Lipinski definition) is 3. The van der Waals surface area contributed by atoms with Crippen molar-refractivity contribution in [3.05, 3.63) is 0 Å². The Morgan fingerprint density at radius 2 is 2.16 bits per heavy atom. The van der Waals surface area contributed by atoms with E-state index in [0.29, 0.717) is 25.6 Å². The Kier molecular flexibility index (Phi) is 5.19. The van der Waals surface area contributed by atoms with Crippen molar-refractivity contribution in [2.24, 2.45) is 0 Å². The molecule has 2 amide bonds. The van der Waals surface area contributed by atoms with E-state index in [9.17, 15) is 9.59 Å². The van der Waals surface area contributed by atoms with E-state index in [-0.39, 0.29) is 18.4 Å². The van der Waals surface area contributed by atoms with Crippen LogP contribution in [0.4, 0.5) is 0 Å². The summed E-state index contributed by atoms with van der Waals surface area (Å²) < 4.78 is 0. The van der Waals surface area contributed by atoms with E-state index >= 15 is 0 Å². The van der Waals surface area contributed by atoms with Gasteiger partial charge in [0.05, 0.1) is 6.54 Å². The van der Waals surface area contributed by atoms with Crippen molar-refractivity contribution < 1.29 is 9.59 Å². The van der Waals surface area contributed by atoms with E-state index in [2.05, 4.69) is 17.3 Å². The third-order valence-electron chi connectivity index (χ3n) is 4.23. The first kappa shape index (κ1) is 14.3. The van der Waals surface area contributed by atoms with Crippen LogP contribution in [-0.4, -0.2) is 60.9 Å². The summed E-state index contributed by atoms with van der Waals surface area (Å²) >= 11 is 0. The Hall–Kier alpha value is -1.10. The maximum atomic E-state index is 12.2. The number of carbonyl (C=O) groups is 2.